The van der Waals surface area contributed by atoms with Crippen LogP contribution in [-0.2, 0) is 4.79 Å². The van der Waals surface area contributed by atoms with Gasteiger partial charge in [-0.15, -0.1) is 0 Å². The smallest absolute Gasteiger partial charge is 0.267 e. The Kier molecular flexibility index (Phi) is 7.12. The van der Waals surface area contributed by atoms with Crippen molar-refractivity contribution in [1.82, 2.24) is 0 Å². The van der Waals surface area contributed by atoms with Gasteiger partial charge in [0.1, 0.15) is 11.6 Å². The minimum atomic E-state index is -0.462. The molecule has 0 fully saturated rings. The second-order valence-electron chi connectivity index (χ2n) is 6.14. The molecule has 4 nitrogen and oxygen atoms in total. The van der Waals surface area contributed by atoms with Gasteiger partial charge in [0.2, 0.25) is 0 Å². The lowest BCUT2D eigenvalue weighted by Gasteiger charge is -2.11. The molecule has 2 N–H and O–H groups in total. The first kappa shape index (κ1) is 20.7. The standard InChI is InChI=1S/C23H18BrN3OS/c1-16-13-18(24)11-12-20(16)26-15-17(14-25)23(28)27-21-9-5-6-10-22(21)29-19-7-3-2-4-8-19/h2-13,15,26H,1H3,(H,27,28)/b17-15-. The predicted molar refractivity (Wildman–Crippen MR) is 122 cm³/mol. The van der Waals surface area contributed by atoms with E-state index in [4.69, 9.17) is 0 Å². The molecule has 0 aliphatic heterocycles. The summed E-state index contributed by atoms with van der Waals surface area (Å²) < 4.78 is 0.968. The summed E-state index contributed by atoms with van der Waals surface area (Å²) >= 11 is 4.97. The molecule has 0 bridgehead atoms. The number of benzene rings is 3. The zero-order valence-electron chi connectivity index (χ0n) is 15.6. The third-order valence-electron chi connectivity index (χ3n) is 4.03. The van der Waals surface area contributed by atoms with Crippen LogP contribution >= 0.6 is 27.7 Å². The minimum absolute atomic E-state index is 0.00756. The lowest BCUT2D eigenvalue weighted by molar-refractivity contribution is -0.112. The van der Waals surface area contributed by atoms with Crippen molar-refractivity contribution in [3.05, 3.63) is 94.6 Å². The summed E-state index contributed by atoms with van der Waals surface area (Å²) in [6.07, 6.45) is 1.43. The first-order chi connectivity index (χ1) is 14.1. The van der Waals surface area contributed by atoms with Crippen LogP contribution in [0.25, 0.3) is 0 Å². The minimum Gasteiger partial charge on any atom is -0.360 e. The number of nitrogens with one attached hydrogen (secondary N) is 2. The van der Waals surface area contributed by atoms with E-state index in [2.05, 4.69) is 26.6 Å². The van der Waals surface area contributed by atoms with Crippen LogP contribution < -0.4 is 10.6 Å². The summed E-state index contributed by atoms with van der Waals surface area (Å²) in [6, 6.07) is 25.1. The number of carbonyl (C=O) groups excluding carboxylic acids is 1. The van der Waals surface area contributed by atoms with E-state index in [-0.39, 0.29) is 5.57 Å². The SMILES string of the molecule is Cc1cc(Br)ccc1N/C=C(/C#N)C(=O)Nc1ccccc1Sc1ccccc1. The Morgan fingerprint density at radius 3 is 2.48 bits per heavy atom. The molecule has 1 amide bonds. The Morgan fingerprint density at radius 2 is 1.76 bits per heavy atom. The summed E-state index contributed by atoms with van der Waals surface area (Å²) in [4.78, 5) is 14.6. The number of hydrogen-bond donors (Lipinski definition) is 2. The lowest BCUT2D eigenvalue weighted by atomic mass is 10.2. The molecule has 0 unspecified atom stereocenters. The van der Waals surface area contributed by atoms with Gasteiger partial charge in [0.15, 0.2) is 0 Å². The molecule has 144 valence electrons. The number of nitriles is 1. The van der Waals surface area contributed by atoms with E-state index in [0.717, 1.165) is 25.5 Å². The van der Waals surface area contributed by atoms with E-state index in [0.29, 0.717) is 5.69 Å². The number of carbonyl (C=O) groups is 1. The molecule has 0 radical (unpaired) electrons. The highest BCUT2D eigenvalue weighted by atomic mass is 79.9. The quantitative estimate of drug-likeness (QED) is 0.329. The molecule has 6 heteroatoms. The fraction of sp³-hybridized carbons (Fsp3) is 0.0435. The molecule has 3 aromatic rings. The molecule has 0 atom stereocenters. The maximum atomic E-state index is 12.6. The van der Waals surface area contributed by atoms with Crippen LogP contribution in [0.2, 0.25) is 0 Å². The number of hydrogen-bond acceptors (Lipinski definition) is 4. The summed E-state index contributed by atoms with van der Waals surface area (Å²) in [7, 11) is 0. The lowest BCUT2D eigenvalue weighted by Crippen LogP contribution is -2.15. The first-order valence-electron chi connectivity index (χ1n) is 8.83. The van der Waals surface area contributed by atoms with Gasteiger partial charge >= 0.3 is 0 Å². The maximum absolute atomic E-state index is 12.6. The number of anilines is 2. The Bertz CT molecular complexity index is 1090. The second-order valence-corrected chi connectivity index (χ2v) is 8.17. The molecule has 3 aromatic carbocycles. The van der Waals surface area contributed by atoms with E-state index >= 15 is 0 Å². The molecule has 0 aliphatic rings. The van der Waals surface area contributed by atoms with Crippen molar-refractivity contribution in [3.8, 4) is 6.07 Å². The summed E-state index contributed by atoms with van der Waals surface area (Å²) in [5.41, 5.74) is 2.48. The number of rotatable bonds is 6. The Labute approximate surface area is 182 Å². The summed E-state index contributed by atoms with van der Waals surface area (Å²) in [6.45, 7) is 1.95. The van der Waals surface area contributed by atoms with Crippen molar-refractivity contribution in [3.63, 3.8) is 0 Å². The van der Waals surface area contributed by atoms with Crippen LogP contribution in [-0.4, -0.2) is 5.91 Å². The zero-order chi connectivity index (χ0) is 20.6. The fourth-order valence-electron chi connectivity index (χ4n) is 2.55. The van der Waals surface area contributed by atoms with Crippen LogP contribution in [0.3, 0.4) is 0 Å². The number of para-hydroxylation sites is 1. The summed E-state index contributed by atoms with van der Waals surface area (Å²) in [5, 5.41) is 15.3. The van der Waals surface area contributed by atoms with Gasteiger partial charge < -0.3 is 10.6 Å². The highest BCUT2D eigenvalue weighted by Crippen LogP contribution is 2.33. The maximum Gasteiger partial charge on any atom is 0.267 e. The average Bonchev–Trinajstić information content (AvgIpc) is 2.72. The van der Waals surface area contributed by atoms with Gasteiger partial charge in [-0.1, -0.05) is 58.0 Å². The van der Waals surface area contributed by atoms with Gasteiger partial charge in [-0.25, -0.2) is 0 Å². The predicted octanol–water partition coefficient (Wildman–Crippen LogP) is 6.37. The highest BCUT2D eigenvalue weighted by Gasteiger charge is 2.12. The molecular weight excluding hydrogens is 446 g/mol. The second kappa shape index (κ2) is 9.97. The molecule has 3 rings (SSSR count). The van der Waals surface area contributed by atoms with Crippen molar-refractivity contribution in [2.24, 2.45) is 0 Å². The average molecular weight is 464 g/mol. The number of amides is 1. The van der Waals surface area contributed by atoms with Gasteiger partial charge in [-0.2, -0.15) is 5.26 Å². The zero-order valence-corrected chi connectivity index (χ0v) is 18.0. The van der Waals surface area contributed by atoms with Crippen molar-refractivity contribution in [1.29, 1.82) is 5.26 Å². The molecule has 0 heterocycles. The van der Waals surface area contributed by atoms with Gasteiger partial charge in [0, 0.05) is 26.2 Å². The van der Waals surface area contributed by atoms with Crippen LogP contribution in [0.1, 0.15) is 5.56 Å². The third kappa shape index (κ3) is 5.74. The van der Waals surface area contributed by atoms with Crippen molar-refractivity contribution in [2.45, 2.75) is 16.7 Å². The number of aryl methyl sites for hydroxylation is 1. The third-order valence-corrected chi connectivity index (χ3v) is 5.61. The monoisotopic (exact) mass is 463 g/mol. The topological polar surface area (TPSA) is 64.9 Å². The number of halogens is 1. The molecule has 0 saturated carbocycles. The molecule has 0 spiro atoms. The van der Waals surface area contributed by atoms with Gasteiger partial charge in [-0.05, 0) is 55.0 Å². The van der Waals surface area contributed by atoms with Gasteiger partial charge in [0.05, 0.1) is 5.69 Å². The van der Waals surface area contributed by atoms with E-state index in [1.54, 1.807) is 11.8 Å². The normalized spacial score (nSPS) is 10.9. The largest absolute Gasteiger partial charge is 0.360 e. The Balaban J connectivity index is 1.75. The van der Waals surface area contributed by atoms with Crippen LogP contribution in [0.5, 0.6) is 0 Å². The molecule has 0 aromatic heterocycles. The molecule has 29 heavy (non-hydrogen) atoms. The van der Waals surface area contributed by atoms with Crippen LogP contribution in [0.4, 0.5) is 11.4 Å². The van der Waals surface area contributed by atoms with Gasteiger partial charge in [0.25, 0.3) is 5.91 Å². The van der Waals surface area contributed by atoms with Crippen LogP contribution in [0, 0.1) is 18.3 Å². The van der Waals surface area contributed by atoms with Crippen LogP contribution in [0.15, 0.2) is 98.8 Å². The van der Waals surface area contributed by atoms with Crippen molar-refractivity contribution < 1.29 is 4.79 Å². The Morgan fingerprint density at radius 1 is 1.03 bits per heavy atom. The van der Waals surface area contributed by atoms with E-state index < -0.39 is 5.91 Å². The molecular formula is C23H18BrN3OS. The Hall–Kier alpha value is -3.01. The molecule has 0 saturated heterocycles. The van der Waals surface area contributed by atoms with Crippen molar-refractivity contribution in [2.75, 3.05) is 10.6 Å². The van der Waals surface area contributed by atoms with E-state index in [1.165, 1.54) is 6.20 Å². The highest BCUT2D eigenvalue weighted by molar-refractivity contribution is 9.10. The molecule has 0 aliphatic carbocycles. The van der Waals surface area contributed by atoms with Crippen molar-refractivity contribution >= 4 is 45.0 Å². The van der Waals surface area contributed by atoms with E-state index in [9.17, 15) is 10.1 Å². The summed E-state index contributed by atoms with van der Waals surface area (Å²) in [5.74, 6) is -0.462. The fourth-order valence-corrected chi connectivity index (χ4v) is 3.95. The van der Waals surface area contributed by atoms with E-state index in [1.807, 2.05) is 85.8 Å². The number of nitrogens with zero attached hydrogens (tertiary/aromatic N) is 1. The van der Waals surface area contributed by atoms with Gasteiger partial charge in [-0.3, -0.25) is 4.79 Å². The first-order valence-corrected chi connectivity index (χ1v) is 10.4.